The van der Waals surface area contributed by atoms with Gasteiger partial charge in [0.2, 0.25) is 5.91 Å². The normalized spacial score (nSPS) is 10.3. The molecule has 2 rings (SSSR count). The van der Waals surface area contributed by atoms with Gasteiger partial charge in [0.05, 0.1) is 19.6 Å². The molecule has 4 nitrogen and oxygen atoms in total. The van der Waals surface area contributed by atoms with Crippen LogP contribution in [0.4, 0.5) is 5.69 Å². The van der Waals surface area contributed by atoms with Crippen LogP contribution in [-0.4, -0.2) is 17.6 Å². The molecule has 0 aromatic heterocycles. The van der Waals surface area contributed by atoms with Crippen LogP contribution in [-0.2, 0) is 11.4 Å². The number of carbonyl (C=O) groups is 1. The van der Waals surface area contributed by atoms with Crippen molar-refractivity contribution in [2.45, 2.75) is 26.9 Å². The van der Waals surface area contributed by atoms with Gasteiger partial charge in [-0.05, 0) is 48.7 Å². The SMILES string of the molecule is Cc1ccc(C)c(OCCC(=O)Nc2cccc(CO)c2)c1. The summed E-state index contributed by atoms with van der Waals surface area (Å²) in [4.78, 5) is 11.9. The second-order valence-electron chi connectivity index (χ2n) is 5.27. The number of nitrogens with one attached hydrogen (secondary N) is 1. The van der Waals surface area contributed by atoms with Gasteiger partial charge in [0.25, 0.3) is 0 Å². The third-order valence-corrected chi connectivity index (χ3v) is 3.32. The van der Waals surface area contributed by atoms with Crippen molar-refractivity contribution in [3.8, 4) is 5.75 Å². The minimum atomic E-state index is -0.111. The van der Waals surface area contributed by atoms with E-state index < -0.39 is 0 Å². The zero-order valence-electron chi connectivity index (χ0n) is 12.9. The van der Waals surface area contributed by atoms with Crippen LogP contribution in [0.1, 0.15) is 23.1 Å². The summed E-state index contributed by atoms with van der Waals surface area (Å²) in [6.45, 7) is 4.28. The van der Waals surface area contributed by atoms with Gasteiger partial charge in [0, 0.05) is 5.69 Å². The Morgan fingerprint density at radius 1 is 1.18 bits per heavy atom. The van der Waals surface area contributed by atoms with E-state index in [2.05, 4.69) is 5.32 Å². The van der Waals surface area contributed by atoms with Gasteiger partial charge in [0.15, 0.2) is 0 Å². The molecule has 0 aliphatic rings. The third kappa shape index (κ3) is 4.60. The standard InChI is InChI=1S/C18H21NO3/c1-13-6-7-14(2)17(10-13)22-9-8-18(21)19-16-5-3-4-15(11-16)12-20/h3-7,10-11,20H,8-9,12H2,1-2H3,(H,19,21). The van der Waals surface area contributed by atoms with Crippen LogP contribution in [0.5, 0.6) is 5.75 Å². The second kappa shape index (κ2) is 7.61. The molecule has 0 saturated heterocycles. The Morgan fingerprint density at radius 3 is 2.77 bits per heavy atom. The number of aliphatic hydroxyl groups is 1. The molecule has 0 aliphatic heterocycles. The Morgan fingerprint density at radius 2 is 2.00 bits per heavy atom. The van der Waals surface area contributed by atoms with Crippen LogP contribution < -0.4 is 10.1 Å². The van der Waals surface area contributed by atoms with E-state index in [9.17, 15) is 4.79 Å². The molecular weight excluding hydrogens is 278 g/mol. The summed E-state index contributed by atoms with van der Waals surface area (Å²) in [7, 11) is 0. The molecule has 0 fully saturated rings. The van der Waals surface area contributed by atoms with Gasteiger partial charge < -0.3 is 15.2 Å². The Kier molecular flexibility index (Phi) is 5.55. The Labute approximate surface area is 130 Å². The predicted molar refractivity (Wildman–Crippen MR) is 87.0 cm³/mol. The van der Waals surface area contributed by atoms with Gasteiger partial charge in [-0.1, -0.05) is 24.3 Å². The van der Waals surface area contributed by atoms with Crippen molar-refractivity contribution in [1.29, 1.82) is 0 Å². The maximum absolute atomic E-state index is 11.9. The fourth-order valence-electron chi connectivity index (χ4n) is 2.09. The first-order valence-corrected chi connectivity index (χ1v) is 7.28. The van der Waals surface area contributed by atoms with Crippen molar-refractivity contribution < 1.29 is 14.6 Å². The van der Waals surface area contributed by atoms with E-state index in [4.69, 9.17) is 9.84 Å². The third-order valence-electron chi connectivity index (χ3n) is 3.32. The lowest BCUT2D eigenvalue weighted by atomic mass is 10.1. The van der Waals surface area contributed by atoms with Crippen molar-refractivity contribution >= 4 is 11.6 Å². The summed E-state index contributed by atoms with van der Waals surface area (Å²) in [6.07, 6.45) is 0.275. The summed E-state index contributed by atoms with van der Waals surface area (Å²) in [5, 5.41) is 11.9. The van der Waals surface area contributed by atoms with E-state index in [0.717, 1.165) is 22.4 Å². The molecule has 0 radical (unpaired) electrons. The zero-order chi connectivity index (χ0) is 15.9. The quantitative estimate of drug-likeness (QED) is 0.861. The molecule has 0 heterocycles. The summed E-state index contributed by atoms with van der Waals surface area (Å²) >= 11 is 0. The van der Waals surface area contributed by atoms with E-state index >= 15 is 0 Å². The highest BCUT2D eigenvalue weighted by Gasteiger charge is 2.05. The Hall–Kier alpha value is -2.33. The van der Waals surface area contributed by atoms with Gasteiger partial charge in [-0.2, -0.15) is 0 Å². The average molecular weight is 299 g/mol. The van der Waals surface area contributed by atoms with Crippen molar-refractivity contribution in [3.63, 3.8) is 0 Å². The van der Waals surface area contributed by atoms with E-state index in [-0.39, 0.29) is 18.9 Å². The number of aryl methyl sites for hydroxylation is 2. The number of hydrogen-bond acceptors (Lipinski definition) is 3. The molecular formula is C18H21NO3. The average Bonchev–Trinajstić information content (AvgIpc) is 2.51. The molecule has 0 saturated carbocycles. The summed E-state index contributed by atoms with van der Waals surface area (Å²) in [6, 6.07) is 13.2. The summed E-state index contributed by atoms with van der Waals surface area (Å²) in [5.41, 5.74) is 3.64. The molecule has 2 aromatic carbocycles. The molecule has 0 atom stereocenters. The topological polar surface area (TPSA) is 58.6 Å². The van der Waals surface area contributed by atoms with Crippen LogP contribution in [0.3, 0.4) is 0 Å². The fourth-order valence-corrected chi connectivity index (χ4v) is 2.09. The lowest BCUT2D eigenvalue weighted by molar-refractivity contribution is -0.116. The highest BCUT2D eigenvalue weighted by molar-refractivity contribution is 5.90. The first-order chi connectivity index (χ1) is 10.6. The number of hydrogen-bond donors (Lipinski definition) is 2. The molecule has 0 spiro atoms. The molecule has 0 bridgehead atoms. The summed E-state index contributed by atoms with van der Waals surface area (Å²) < 4.78 is 5.67. The number of amides is 1. The lowest BCUT2D eigenvalue weighted by Gasteiger charge is -2.10. The minimum absolute atomic E-state index is 0.0422. The highest BCUT2D eigenvalue weighted by atomic mass is 16.5. The second-order valence-corrected chi connectivity index (χ2v) is 5.27. The van der Waals surface area contributed by atoms with Crippen LogP contribution in [0.15, 0.2) is 42.5 Å². The van der Waals surface area contributed by atoms with Crippen molar-refractivity contribution in [3.05, 3.63) is 59.2 Å². The molecule has 4 heteroatoms. The minimum Gasteiger partial charge on any atom is -0.493 e. The number of anilines is 1. The maximum Gasteiger partial charge on any atom is 0.227 e. The molecule has 116 valence electrons. The van der Waals surface area contributed by atoms with Crippen molar-refractivity contribution in [1.82, 2.24) is 0 Å². The van der Waals surface area contributed by atoms with Crippen LogP contribution in [0.2, 0.25) is 0 Å². The molecule has 2 aromatic rings. The molecule has 2 N–H and O–H groups in total. The molecule has 0 unspecified atom stereocenters. The highest BCUT2D eigenvalue weighted by Crippen LogP contribution is 2.19. The summed E-state index contributed by atoms with van der Waals surface area (Å²) in [5.74, 6) is 0.704. The van der Waals surface area contributed by atoms with Crippen molar-refractivity contribution in [2.24, 2.45) is 0 Å². The van der Waals surface area contributed by atoms with E-state index in [0.29, 0.717) is 12.3 Å². The molecule has 22 heavy (non-hydrogen) atoms. The lowest BCUT2D eigenvalue weighted by Crippen LogP contribution is -2.15. The zero-order valence-corrected chi connectivity index (χ0v) is 12.9. The first-order valence-electron chi connectivity index (χ1n) is 7.28. The van der Waals surface area contributed by atoms with E-state index in [1.807, 2.05) is 32.0 Å². The van der Waals surface area contributed by atoms with Crippen LogP contribution in [0.25, 0.3) is 0 Å². The number of aliphatic hydroxyl groups excluding tert-OH is 1. The monoisotopic (exact) mass is 299 g/mol. The molecule has 0 aliphatic carbocycles. The van der Waals surface area contributed by atoms with Gasteiger partial charge in [-0.25, -0.2) is 0 Å². The molecule has 1 amide bonds. The Bertz CT molecular complexity index is 653. The first kappa shape index (κ1) is 16.0. The number of carbonyl (C=O) groups excluding carboxylic acids is 1. The fraction of sp³-hybridized carbons (Fsp3) is 0.278. The van der Waals surface area contributed by atoms with Crippen molar-refractivity contribution in [2.75, 3.05) is 11.9 Å². The van der Waals surface area contributed by atoms with Gasteiger partial charge in [-0.3, -0.25) is 4.79 Å². The van der Waals surface area contributed by atoms with Gasteiger partial charge in [-0.15, -0.1) is 0 Å². The van der Waals surface area contributed by atoms with Gasteiger partial charge >= 0.3 is 0 Å². The van der Waals surface area contributed by atoms with E-state index in [1.165, 1.54) is 0 Å². The Balaban J connectivity index is 1.84. The van der Waals surface area contributed by atoms with Crippen LogP contribution >= 0.6 is 0 Å². The van der Waals surface area contributed by atoms with E-state index in [1.54, 1.807) is 24.3 Å². The smallest absolute Gasteiger partial charge is 0.227 e. The predicted octanol–water partition coefficient (Wildman–Crippen LogP) is 3.20. The number of ether oxygens (including phenoxy) is 1. The van der Waals surface area contributed by atoms with Crippen LogP contribution in [0, 0.1) is 13.8 Å². The number of rotatable bonds is 6. The largest absolute Gasteiger partial charge is 0.493 e. The maximum atomic E-state index is 11.9. The number of benzene rings is 2. The van der Waals surface area contributed by atoms with Gasteiger partial charge in [0.1, 0.15) is 5.75 Å².